The molecule has 0 amide bonds. The lowest BCUT2D eigenvalue weighted by molar-refractivity contribution is 0.844. The molecule has 0 aliphatic rings. The van der Waals surface area contributed by atoms with Gasteiger partial charge < -0.3 is 10.6 Å². The molecule has 0 unspecified atom stereocenters. The fourth-order valence-corrected chi connectivity index (χ4v) is 6.31. The second-order valence-electron chi connectivity index (χ2n) is 9.15. The van der Waals surface area contributed by atoms with Gasteiger partial charge in [-0.3, -0.25) is 4.79 Å². The van der Waals surface area contributed by atoms with Crippen LogP contribution in [0.4, 0.5) is 22.9 Å². The molecular formula is C30H18BrCl4N5OS. The smallest absolute Gasteiger partial charge is 0.267 e. The lowest BCUT2D eigenvalue weighted by Crippen LogP contribution is -2.24. The van der Waals surface area contributed by atoms with Crippen molar-refractivity contribution < 1.29 is 0 Å². The van der Waals surface area contributed by atoms with Crippen molar-refractivity contribution in [2.45, 2.75) is 6.42 Å². The van der Waals surface area contributed by atoms with Gasteiger partial charge >= 0.3 is 0 Å². The first-order valence-corrected chi connectivity index (χ1v) is 15.6. The molecule has 0 fully saturated rings. The zero-order chi connectivity index (χ0) is 29.4. The minimum Gasteiger partial charge on any atom is -0.353 e. The molecule has 0 spiro atoms. The number of benzene rings is 4. The fraction of sp³-hybridized carbons (Fsp3) is 0.0333. The Morgan fingerprint density at radius 1 is 0.810 bits per heavy atom. The van der Waals surface area contributed by atoms with Crippen molar-refractivity contribution in [3.8, 4) is 5.13 Å². The van der Waals surface area contributed by atoms with Gasteiger partial charge in [0.05, 0.1) is 36.7 Å². The van der Waals surface area contributed by atoms with E-state index in [9.17, 15) is 4.79 Å². The zero-order valence-corrected chi connectivity index (χ0v) is 26.8. The Kier molecular flexibility index (Phi) is 8.45. The predicted octanol–water partition coefficient (Wildman–Crippen LogP) is 10.3. The van der Waals surface area contributed by atoms with E-state index >= 15 is 0 Å². The summed E-state index contributed by atoms with van der Waals surface area (Å²) in [6.45, 7) is 0. The van der Waals surface area contributed by atoms with Gasteiger partial charge in [-0.05, 0) is 60.2 Å². The molecule has 2 N–H and O–H groups in total. The number of hydrogen-bond donors (Lipinski definition) is 2. The van der Waals surface area contributed by atoms with Gasteiger partial charge in [0, 0.05) is 27.6 Å². The number of thiazole rings is 1. The molecule has 0 saturated heterocycles. The average Bonchev–Trinajstić information content (AvgIpc) is 3.42. The summed E-state index contributed by atoms with van der Waals surface area (Å²) >= 11 is 29.9. The SMILES string of the molecule is O=c1c2cc(Br)ccc2nc(Cc2ccccc2Nc2c(Cl)cccc2Cl)n1-c1nc(Nc2ccc(Cl)c(Cl)c2)cs1. The molecule has 210 valence electrons. The van der Waals surface area contributed by atoms with E-state index in [1.807, 2.05) is 41.8 Å². The maximum atomic E-state index is 14.0. The van der Waals surface area contributed by atoms with Crippen LogP contribution in [-0.2, 0) is 6.42 Å². The molecule has 0 aliphatic carbocycles. The molecule has 4 aromatic carbocycles. The Bertz CT molecular complexity index is 2010. The van der Waals surface area contributed by atoms with E-state index in [1.54, 1.807) is 47.0 Å². The second kappa shape index (κ2) is 12.2. The largest absolute Gasteiger partial charge is 0.353 e. The van der Waals surface area contributed by atoms with E-state index in [1.165, 1.54) is 11.3 Å². The standard InChI is InChI=1S/C30H18BrCl4N5OS/c31-17-8-11-25-19(13-17)29(41)40(30-39-26(15-42-30)36-18-9-10-20(32)23(35)14-18)27(37-25)12-16-4-1-2-7-24(16)38-28-21(33)5-3-6-22(28)34/h1-11,13-15,36,38H,12H2. The van der Waals surface area contributed by atoms with Gasteiger partial charge in [-0.1, -0.05) is 86.6 Å². The Morgan fingerprint density at radius 2 is 1.60 bits per heavy atom. The van der Waals surface area contributed by atoms with Crippen LogP contribution in [0.1, 0.15) is 11.4 Å². The molecule has 0 saturated carbocycles. The molecule has 42 heavy (non-hydrogen) atoms. The number of halogens is 5. The fourth-order valence-electron chi connectivity index (χ4n) is 4.38. The minimum absolute atomic E-state index is 0.230. The number of fused-ring (bicyclic) bond motifs is 1. The van der Waals surface area contributed by atoms with Crippen LogP contribution in [-0.4, -0.2) is 14.5 Å². The number of para-hydroxylation sites is 2. The molecule has 0 atom stereocenters. The highest BCUT2D eigenvalue weighted by molar-refractivity contribution is 9.10. The Balaban J connectivity index is 1.43. The first-order chi connectivity index (χ1) is 20.3. The van der Waals surface area contributed by atoms with Crippen molar-refractivity contribution in [2.75, 3.05) is 10.6 Å². The Hall–Kier alpha value is -3.11. The van der Waals surface area contributed by atoms with E-state index in [0.717, 1.165) is 15.7 Å². The van der Waals surface area contributed by atoms with E-state index < -0.39 is 0 Å². The maximum absolute atomic E-state index is 14.0. The van der Waals surface area contributed by atoms with Crippen molar-refractivity contribution in [1.29, 1.82) is 0 Å². The zero-order valence-electron chi connectivity index (χ0n) is 21.3. The summed E-state index contributed by atoms with van der Waals surface area (Å²) in [4.78, 5) is 23.6. The summed E-state index contributed by atoms with van der Waals surface area (Å²) < 4.78 is 2.33. The van der Waals surface area contributed by atoms with Crippen LogP contribution < -0.4 is 16.2 Å². The normalized spacial score (nSPS) is 11.2. The van der Waals surface area contributed by atoms with Crippen LogP contribution in [0, 0.1) is 0 Å². The van der Waals surface area contributed by atoms with Gasteiger partial charge in [-0.2, -0.15) is 0 Å². The van der Waals surface area contributed by atoms with Gasteiger partial charge in [-0.15, -0.1) is 11.3 Å². The van der Waals surface area contributed by atoms with E-state index in [-0.39, 0.29) is 5.56 Å². The highest BCUT2D eigenvalue weighted by atomic mass is 79.9. The number of nitrogens with one attached hydrogen (secondary N) is 2. The Morgan fingerprint density at radius 3 is 2.38 bits per heavy atom. The number of hydrogen-bond acceptors (Lipinski definition) is 6. The first kappa shape index (κ1) is 29.0. The van der Waals surface area contributed by atoms with Crippen LogP contribution >= 0.6 is 73.7 Å². The monoisotopic (exact) mass is 715 g/mol. The molecule has 0 bridgehead atoms. The van der Waals surface area contributed by atoms with Crippen molar-refractivity contribution in [3.05, 3.63) is 131 Å². The minimum atomic E-state index is -0.230. The number of rotatable bonds is 7. The van der Waals surface area contributed by atoms with Crippen LogP contribution in [0.15, 0.2) is 93.5 Å². The van der Waals surface area contributed by atoms with Crippen molar-refractivity contribution in [2.24, 2.45) is 0 Å². The average molecular weight is 718 g/mol. The second-order valence-corrected chi connectivity index (χ2v) is 12.5. The summed E-state index contributed by atoms with van der Waals surface area (Å²) in [5, 5.41) is 11.2. The topological polar surface area (TPSA) is 71.8 Å². The lowest BCUT2D eigenvalue weighted by atomic mass is 10.1. The Labute approximate surface area is 273 Å². The predicted molar refractivity (Wildman–Crippen MR) is 179 cm³/mol. The lowest BCUT2D eigenvalue weighted by Gasteiger charge is -2.16. The van der Waals surface area contributed by atoms with Crippen molar-refractivity contribution in [3.63, 3.8) is 0 Å². The third-order valence-electron chi connectivity index (χ3n) is 6.36. The summed E-state index contributed by atoms with van der Waals surface area (Å²) in [5.74, 6) is 1.07. The van der Waals surface area contributed by atoms with Gasteiger partial charge in [0.25, 0.3) is 5.56 Å². The van der Waals surface area contributed by atoms with Crippen LogP contribution in [0.5, 0.6) is 0 Å². The number of nitrogens with zero attached hydrogens (tertiary/aromatic N) is 3. The molecule has 2 aromatic heterocycles. The van der Waals surface area contributed by atoms with E-state index in [4.69, 9.17) is 56.4 Å². The molecule has 0 radical (unpaired) electrons. The maximum Gasteiger partial charge on any atom is 0.267 e. The third-order valence-corrected chi connectivity index (χ3v) is 9.05. The van der Waals surface area contributed by atoms with Crippen LogP contribution in [0.2, 0.25) is 20.1 Å². The summed E-state index contributed by atoms with van der Waals surface area (Å²) in [5.41, 5.74) is 3.33. The molecule has 12 heteroatoms. The number of anilines is 4. The highest BCUT2D eigenvalue weighted by Gasteiger charge is 2.18. The quantitative estimate of drug-likeness (QED) is 0.172. The van der Waals surface area contributed by atoms with E-state index in [2.05, 4.69) is 26.6 Å². The molecule has 2 heterocycles. The highest BCUT2D eigenvalue weighted by Crippen LogP contribution is 2.34. The number of aromatic nitrogens is 3. The molecule has 6 aromatic rings. The van der Waals surface area contributed by atoms with Gasteiger partial charge in [0.2, 0.25) is 0 Å². The van der Waals surface area contributed by atoms with Gasteiger partial charge in [0.15, 0.2) is 5.13 Å². The summed E-state index contributed by atoms with van der Waals surface area (Å²) in [6, 6.07) is 23.7. The van der Waals surface area contributed by atoms with Crippen LogP contribution in [0.3, 0.4) is 0 Å². The third kappa shape index (κ3) is 6.01. The van der Waals surface area contributed by atoms with Gasteiger partial charge in [-0.25, -0.2) is 14.5 Å². The molecule has 6 rings (SSSR count). The first-order valence-electron chi connectivity index (χ1n) is 12.4. The summed E-state index contributed by atoms with van der Waals surface area (Å²) in [6.07, 6.45) is 0.321. The molecule has 6 nitrogen and oxygen atoms in total. The summed E-state index contributed by atoms with van der Waals surface area (Å²) in [7, 11) is 0. The van der Waals surface area contributed by atoms with Crippen LogP contribution in [0.25, 0.3) is 16.0 Å². The van der Waals surface area contributed by atoms with Crippen molar-refractivity contribution in [1.82, 2.24) is 14.5 Å². The molecular weight excluding hydrogens is 700 g/mol. The van der Waals surface area contributed by atoms with Gasteiger partial charge in [0.1, 0.15) is 11.6 Å². The molecule has 0 aliphatic heterocycles. The van der Waals surface area contributed by atoms with Crippen molar-refractivity contribution >= 4 is 107 Å². The van der Waals surface area contributed by atoms with E-state index in [0.29, 0.717) is 65.6 Å².